The fourth-order valence-corrected chi connectivity index (χ4v) is 3.93. The maximum atomic E-state index is 13.5. The van der Waals surface area contributed by atoms with Gasteiger partial charge in [0.05, 0.1) is 0 Å². The van der Waals surface area contributed by atoms with Crippen molar-refractivity contribution in [2.75, 3.05) is 0 Å². The summed E-state index contributed by atoms with van der Waals surface area (Å²) in [6.07, 6.45) is 3.61. The zero-order valence-electron chi connectivity index (χ0n) is 17.9. The zero-order valence-corrected chi connectivity index (χ0v) is 17.9. The van der Waals surface area contributed by atoms with Gasteiger partial charge in [-0.05, 0) is 46.5 Å². The molecule has 0 heterocycles. The van der Waals surface area contributed by atoms with Crippen LogP contribution in [0.15, 0.2) is 91.0 Å². The second-order valence-electron chi connectivity index (χ2n) is 7.76. The minimum atomic E-state index is 0.176. The lowest BCUT2D eigenvalue weighted by Gasteiger charge is -2.15. The number of unbranched alkanes of at least 4 members (excludes halogenated alkanes) is 2. The molecule has 1 nitrogen and oxygen atoms in total. The molecule has 0 aliphatic carbocycles. The second-order valence-corrected chi connectivity index (χ2v) is 7.76. The van der Waals surface area contributed by atoms with Gasteiger partial charge in [-0.1, -0.05) is 104 Å². The Labute approximate surface area is 184 Å². The van der Waals surface area contributed by atoms with Crippen molar-refractivity contribution in [1.82, 2.24) is 0 Å². The average Bonchev–Trinajstić information content (AvgIpc) is 2.83. The van der Waals surface area contributed by atoms with Gasteiger partial charge < -0.3 is 0 Å². The lowest BCUT2D eigenvalue weighted by atomic mass is 9.87. The van der Waals surface area contributed by atoms with Crippen molar-refractivity contribution in [2.45, 2.75) is 32.6 Å². The summed E-state index contributed by atoms with van der Waals surface area (Å²) in [5.41, 5.74) is 4.56. The van der Waals surface area contributed by atoms with Crippen LogP contribution in [0.25, 0.3) is 21.9 Å². The number of hydrogen-bond donors (Lipinski definition) is 0. The van der Waals surface area contributed by atoms with Crippen molar-refractivity contribution in [1.29, 1.82) is 0 Å². The molecule has 0 radical (unpaired) electrons. The maximum absolute atomic E-state index is 13.5. The van der Waals surface area contributed by atoms with Crippen LogP contribution in [-0.4, -0.2) is 5.78 Å². The number of carbonyl (C=O) groups excluding carboxylic acids is 1. The number of carbonyl (C=O) groups is 1. The Bertz CT molecular complexity index is 1240. The third-order valence-electron chi connectivity index (χ3n) is 5.53. The molecule has 4 rings (SSSR count). The number of fused-ring (bicyclic) bond motifs is 1. The summed E-state index contributed by atoms with van der Waals surface area (Å²) in [5.74, 6) is 6.85. The van der Waals surface area contributed by atoms with Crippen LogP contribution in [0.4, 0.5) is 0 Å². The first-order valence-electron chi connectivity index (χ1n) is 11.0. The molecule has 0 amide bonds. The van der Waals surface area contributed by atoms with Gasteiger partial charge in [-0.15, -0.1) is 0 Å². The highest BCUT2D eigenvalue weighted by molar-refractivity contribution is 6.10. The summed E-state index contributed by atoms with van der Waals surface area (Å²) in [6.45, 7) is 2.16. The predicted octanol–water partition coefficient (Wildman–Crippen LogP) is 7.67. The second kappa shape index (κ2) is 9.92. The summed E-state index contributed by atoms with van der Waals surface area (Å²) in [5, 5.41) is 2.13. The van der Waals surface area contributed by atoms with Gasteiger partial charge in [0.1, 0.15) is 0 Å². The van der Waals surface area contributed by atoms with E-state index >= 15 is 0 Å². The van der Waals surface area contributed by atoms with Gasteiger partial charge in [-0.25, -0.2) is 0 Å². The van der Waals surface area contributed by atoms with E-state index < -0.39 is 0 Å². The van der Waals surface area contributed by atoms with Crippen molar-refractivity contribution in [3.8, 4) is 23.0 Å². The van der Waals surface area contributed by atoms with Crippen molar-refractivity contribution < 1.29 is 4.79 Å². The van der Waals surface area contributed by atoms with Crippen LogP contribution in [0.2, 0.25) is 0 Å². The molecule has 152 valence electrons. The Balaban J connectivity index is 1.96. The van der Waals surface area contributed by atoms with Crippen LogP contribution in [0, 0.1) is 11.8 Å². The first kappa shape index (κ1) is 20.6. The van der Waals surface area contributed by atoms with E-state index in [-0.39, 0.29) is 5.78 Å². The highest BCUT2D eigenvalue weighted by Crippen LogP contribution is 2.34. The Hall–Kier alpha value is -3.63. The third kappa shape index (κ3) is 4.76. The van der Waals surface area contributed by atoms with E-state index in [2.05, 4.69) is 49.1 Å². The molecule has 0 unspecified atom stereocenters. The minimum absolute atomic E-state index is 0.176. The first-order valence-corrected chi connectivity index (χ1v) is 11.0. The molecular formula is C30H26O. The predicted molar refractivity (Wildman–Crippen MR) is 130 cm³/mol. The fraction of sp³-hybridized carbons (Fsp3) is 0.167. The van der Waals surface area contributed by atoms with Gasteiger partial charge in [0.2, 0.25) is 0 Å². The SMILES string of the molecule is CCCCCC(=O)c1c(-c2ccccc2)cc2ccccc2c1C#Cc1ccccc1. The maximum Gasteiger partial charge on any atom is 0.164 e. The van der Waals surface area contributed by atoms with E-state index in [1.54, 1.807) is 0 Å². The quantitative estimate of drug-likeness (QED) is 0.184. The summed E-state index contributed by atoms with van der Waals surface area (Å²) >= 11 is 0. The molecule has 0 aliphatic rings. The van der Waals surface area contributed by atoms with Gasteiger partial charge >= 0.3 is 0 Å². The number of rotatable bonds is 6. The molecule has 0 bridgehead atoms. The van der Waals surface area contributed by atoms with E-state index in [0.717, 1.165) is 57.9 Å². The molecular weight excluding hydrogens is 376 g/mol. The molecule has 0 spiro atoms. The topological polar surface area (TPSA) is 17.1 Å². The van der Waals surface area contributed by atoms with Gasteiger partial charge in [0, 0.05) is 23.1 Å². The Kier molecular flexibility index (Phi) is 6.60. The molecule has 0 aliphatic heterocycles. The van der Waals surface area contributed by atoms with Crippen molar-refractivity contribution >= 4 is 16.6 Å². The van der Waals surface area contributed by atoms with Crippen LogP contribution in [0.1, 0.15) is 54.1 Å². The molecule has 0 aromatic heterocycles. The van der Waals surface area contributed by atoms with Crippen LogP contribution in [0.5, 0.6) is 0 Å². The molecule has 0 fully saturated rings. The summed E-state index contributed by atoms with van der Waals surface area (Å²) < 4.78 is 0. The lowest BCUT2D eigenvalue weighted by Crippen LogP contribution is -2.06. The molecule has 31 heavy (non-hydrogen) atoms. The monoisotopic (exact) mass is 402 g/mol. The first-order chi connectivity index (χ1) is 15.3. The molecule has 0 atom stereocenters. The Morgan fingerprint density at radius 2 is 1.45 bits per heavy atom. The normalized spacial score (nSPS) is 10.5. The van der Waals surface area contributed by atoms with Crippen molar-refractivity contribution in [3.05, 3.63) is 108 Å². The van der Waals surface area contributed by atoms with Gasteiger partial charge in [-0.3, -0.25) is 4.79 Å². The molecule has 4 aromatic rings. The summed E-state index contributed by atoms with van der Waals surface area (Å²) in [6, 6.07) is 30.5. The Morgan fingerprint density at radius 1 is 0.774 bits per heavy atom. The molecule has 1 heteroatoms. The number of ketones is 1. The van der Waals surface area contributed by atoms with E-state index in [9.17, 15) is 4.79 Å². The molecule has 0 saturated carbocycles. The van der Waals surface area contributed by atoms with Gasteiger partial charge in [-0.2, -0.15) is 0 Å². The van der Waals surface area contributed by atoms with E-state index in [1.165, 1.54) is 0 Å². The number of benzene rings is 4. The number of hydrogen-bond acceptors (Lipinski definition) is 1. The van der Waals surface area contributed by atoms with E-state index in [0.29, 0.717) is 6.42 Å². The third-order valence-corrected chi connectivity index (χ3v) is 5.53. The molecule has 0 N–H and O–H groups in total. The summed E-state index contributed by atoms with van der Waals surface area (Å²) in [7, 11) is 0. The highest BCUT2D eigenvalue weighted by atomic mass is 16.1. The summed E-state index contributed by atoms with van der Waals surface area (Å²) in [4.78, 5) is 13.5. The van der Waals surface area contributed by atoms with Crippen LogP contribution in [0.3, 0.4) is 0 Å². The van der Waals surface area contributed by atoms with Crippen LogP contribution >= 0.6 is 0 Å². The zero-order chi connectivity index (χ0) is 21.5. The fourth-order valence-electron chi connectivity index (χ4n) is 3.93. The minimum Gasteiger partial charge on any atom is -0.294 e. The van der Waals surface area contributed by atoms with Crippen LogP contribution in [-0.2, 0) is 0 Å². The standard InChI is InChI=1S/C30H26O/c1-2-3-6-19-29(31)30-27(21-20-23-13-7-4-8-14-23)26-18-12-11-17-25(26)22-28(30)24-15-9-5-10-16-24/h4-5,7-18,22H,2-3,6,19H2,1H3. The molecule has 4 aromatic carbocycles. The average molecular weight is 403 g/mol. The molecule has 0 saturated heterocycles. The van der Waals surface area contributed by atoms with Crippen molar-refractivity contribution in [3.63, 3.8) is 0 Å². The van der Waals surface area contributed by atoms with E-state index in [4.69, 9.17) is 0 Å². The van der Waals surface area contributed by atoms with Crippen molar-refractivity contribution in [2.24, 2.45) is 0 Å². The Morgan fingerprint density at radius 3 is 2.19 bits per heavy atom. The highest BCUT2D eigenvalue weighted by Gasteiger charge is 2.19. The lowest BCUT2D eigenvalue weighted by molar-refractivity contribution is 0.0980. The van der Waals surface area contributed by atoms with E-state index in [1.807, 2.05) is 60.7 Å². The largest absolute Gasteiger partial charge is 0.294 e. The number of Topliss-reactive ketones (excluding diaryl/α,β-unsaturated/α-hetero) is 1. The van der Waals surface area contributed by atoms with Crippen LogP contribution < -0.4 is 0 Å². The van der Waals surface area contributed by atoms with Gasteiger partial charge in [0.25, 0.3) is 0 Å². The van der Waals surface area contributed by atoms with Gasteiger partial charge in [0.15, 0.2) is 5.78 Å². The smallest absolute Gasteiger partial charge is 0.164 e.